The molecule has 0 bridgehead atoms. The number of aryl methyl sites for hydroxylation is 1. The molecule has 0 aliphatic heterocycles. The normalized spacial score (nSPS) is 12.2. The van der Waals surface area contributed by atoms with E-state index in [4.69, 9.17) is 10.5 Å². The quantitative estimate of drug-likeness (QED) is 0.922. The molecule has 0 aliphatic carbocycles. The maximum atomic E-state index is 6.33. The van der Waals surface area contributed by atoms with Gasteiger partial charge in [0, 0.05) is 4.47 Å². The summed E-state index contributed by atoms with van der Waals surface area (Å²) in [5, 5.41) is 0. The van der Waals surface area contributed by atoms with Crippen LogP contribution in [0.2, 0.25) is 0 Å². The Bertz CT molecular complexity index is 551. The molecule has 0 saturated carbocycles. The van der Waals surface area contributed by atoms with Crippen molar-refractivity contribution < 1.29 is 4.74 Å². The largest absolute Gasteiger partial charge is 0.497 e. The van der Waals surface area contributed by atoms with Crippen LogP contribution >= 0.6 is 15.9 Å². The van der Waals surface area contributed by atoms with Gasteiger partial charge in [-0.3, -0.25) is 0 Å². The van der Waals surface area contributed by atoms with Crippen LogP contribution in [0.15, 0.2) is 46.9 Å². The van der Waals surface area contributed by atoms with Crippen molar-refractivity contribution in [1.29, 1.82) is 0 Å². The van der Waals surface area contributed by atoms with Crippen molar-refractivity contribution >= 4 is 15.9 Å². The predicted octanol–water partition coefficient (Wildman–Crippen LogP) is 4.07. The van der Waals surface area contributed by atoms with Gasteiger partial charge in [0.1, 0.15) is 5.75 Å². The van der Waals surface area contributed by atoms with Gasteiger partial charge in [-0.15, -0.1) is 0 Å². The molecule has 0 spiro atoms. The van der Waals surface area contributed by atoms with Gasteiger partial charge >= 0.3 is 0 Å². The summed E-state index contributed by atoms with van der Waals surface area (Å²) >= 11 is 3.55. The van der Waals surface area contributed by atoms with Gasteiger partial charge in [0.25, 0.3) is 0 Å². The first-order valence-electron chi connectivity index (χ1n) is 6.33. The zero-order chi connectivity index (χ0) is 13.8. The second-order valence-corrected chi connectivity index (χ2v) is 5.31. The zero-order valence-corrected chi connectivity index (χ0v) is 12.8. The summed E-state index contributed by atoms with van der Waals surface area (Å²) in [6.07, 6.45) is 1.04. The van der Waals surface area contributed by atoms with Gasteiger partial charge in [-0.25, -0.2) is 0 Å². The smallest absolute Gasteiger partial charge is 0.120 e. The highest BCUT2D eigenvalue weighted by Crippen LogP contribution is 2.30. The molecule has 1 atom stereocenters. The average Bonchev–Trinajstić information content (AvgIpc) is 2.46. The van der Waals surface area contributed by atoms with Crippen molar-refractivity contribution in [3.8, 4) is 5.75 Å². The van der Waals surface area contributed by atoms with Crippen molar-refractivity contribution in [2.24, 2.45) is 5.73 Å². The summed E-state index contributed by atoms with van der Waals surface area (Å²) in [5.41, 5.74) is 9.83. The van der Waals surface area contributed by atoms with E-state index in [1.807, 2.05) is 18.2 Å². The number of hydrogen-bond acceptors (Lipinski definition) is 2. The van der Waals surface area contributed by atoms with Crippen molar-refractivity contribution in [3.63, 3.8) is 0 Å². The van der Waals surface area contributed by atoms with Gasteiger partial charge in [0.15, 0.2) is 0 Å². The molecule has 2 aromatic rings. The van der Waals surface area contributed by atoms with E-state index in [1.54, 1.807) is 7.11 Å². The monoisotopic (exact) mass is 319 g/mol. The van der Waals surface area contributed by atoms with Crippen molar-refractivity contribution in [3.05, 3.63) is 63.6 Å². The van der Waals surface area contributed by atoms with E-state index < -0.39 is 0 Å². The topological polar surface area (TPSA) is 35.2 Å². The second-order valence-electron chi connectivity index (χ2n) is 4.46. The molecule has 0 heterocycles. The van der Waals surface area contributed by atoms with Crippen molar-refractivity contribution in [1.82, 2.24) is 0 Å². The summed E-state index contributed by atoms with van der Waals surface area (Å²) < 4.78 is 6.17. The Balaban J connectivity index is 2.29. The van der Waals surface area contributed by atoms with E-state index in [-0.39, 0.29) is 6.04 Å². The van der Waals surface area contributed by atoms with Crippen molar-refractivity contribution in [2.75, 3.05) is 7.11 Å². The van der Waals surface area contributed by atoms with Gasteiger partial charge in [0.2, 0.25) is 0 Å². The predicted molar refractivity (Wildman–Crippen MR) is 82.5 cm³/mol. The molecule has 0 amide bonds. The van der Waals surface area contributed by atoms with Crippen LogP contribution in [-0.4, -0.2) is 7.11 Å². The molecule has 0 aliphatic rings. The summed E-state index contributed by atoms with van der Waals surface area (Å²) in [7, 11) is 1.66. The third-order valence-corrected chi connectivity index (χ3v) is 3.98. The fourth-order valence-corrected chi connectivity index (χ4v) is 2.63. The van der Waals surface area contributed by atoms with Gasteiger partial charge in [-0.05, 0) is 35.2 Å². The Morgan fingerprint density at radius 3 is 2.37 bits per heavy atom. The highest BCUT2D eigenvalue weighted by atomic mass is 79.9. The first kappa shape index (κ1) is 14.1. The summed E-state index contributed by atoms with van der Waals surface area (Å²) in [4.78, 5) is 0. The maximum absolute atomic E-state index is 6.33. The Kier molecular flexibility index (Phi) is 4.61. The lowest BCUT2D eigenvalue weighted by Crippen LogP contribution is -2.12. The molecule has 19 heavy (non-hydrogen) atoms. The molecule has 100 valence electrons. The van der Waals surface area contributed by atoms with E-state index in [9.17, 15) is 0 Å². The highest BCUT2D eigenvalue weighted by Gasteiger charge is 2.12. The molecule has 2 aromatic carbocycles. The highest BCUT2D eigenvalue weighted by molar-refractivity contribution is 9.10. The minimum Gasteiger partial charge on any atom is -0.497 e. The molecule has 0 saturated heterocycles. The summed E-state index contributed by atoms with van der Waals surface area (Å²) in [6.45, 7) is 2.15. The number of hydrogen-bond donors (Lipinski definition) is 1. The lowest BCUT2D eigenvalue weighted by molar-refractivity contribution is 0.414. The molecule has 0 radical (unpaired) electrons. The van der Waals surface area contributed by atoms with Crippen LogP contribution in [0.5, 0.6) is 5.75 Å². The molecule has 2 rings (SSSR count). The van der Waals surface area contributed by atoms with Gasteiger partial charge < -0.3 is 10.5 Å². The van der Waals surface area contributed by atoms with Crippen LogP contribution < -0.4 is 10.5 Å². The van der Waals surface area contributed by atoms with Crippen LogP contribution in [0, 0.1) is 0 Å². The van der Waals surface area contributed by atoms with E-state index in [1.165, 1.54) is 5.56 Å². The molecule has 2 nitrogen and oxygen atoms in total. The molecular formula is C16H18BrNO. The molecule has 3 heteroatoms. The SMILES string of the molecule is CCc1ccc(C(N)c2ccc(OC)cc2Br)cc1. The van der Waals surface area contributed by atoms with Crippen LogP contribution in [0.1, 0.15) is 29.7 Å². The average molecular weight is 320 g/mol. The number of halogens is 1. The van der Waals surface area contributed by atoms with E-state index in [2.05, 4.69) is 47.1 Å². The van der Waals surface area contributed by atoms with E-state index in [0.29, 0.717) is 0 Å². The third-order valence-electron chi connectivity index (χ3n) is 3.29. The Hall–Kier alpha value is -1.32. The number of rotatable bonds is 4. The van der Waals surface area contributed by atoms with Crippen LogP contribution in [0.25, 0.3) is 0 Å². The molecular weight excluding hydrogens is 302 g/mol. The van der Waals surface area contributed by atoms with Crippen LogP contribution in [-0.2, 0) is 6.42 Å². The number of methoxy groups -OCH3 is 1. The first-order chi connectivity index (χ1) is 9.15. The van der Waals surface area contributed by atoms with Gasteiger partial charge in [-0.2, -0.15) is 0 Å². The Morgan fingerprint density at radius 2 is 1.84 bits per heavy atom. The number of ether oxygens (including phenoxy) is 1. The van der Waals surface area contributed by atoms with E-state index in [0.717, 1.165) is 27.8 Å². The lowest BCUT2D eigenvalue weighted by Gasteiger charge is -2.15. The molecule has 0 aromatic heterocycles. The van der Waals surface area contributed by atoms with Crippen LogP contribution in [0.3, 0.4) is 0 Å². The molecule has 0 fully saturated rings. The minimum absolute atomic E-state index is 0.133. The van der Waals surface area contributed by atoms with Crippen LogP contribution in [0.4, 0.5) is 0 Å². The fraction of sp³-hybridized carbons (Fsp3) is 0.250. The summed E-state index contributed by atoms with van der Waals surface area (Å²) in [6, 6.07) is 14.2. The minimum atomic E-state index is -0.133. The molecule has 2 N–H and O–H groups in total. The zero-order valence-electron chi connectivity index (χ0n) is 11.2. The van der Waals surface area contributed by atoms with Gasteiger partial charge in [0.05, 0.1) is 13.2 Å². The number of nitrogens with two attached hydrogens (primary N) is 1. The molecule has 1 unspecified atom stereocenters. The Morgan fingerprint density at radius 1 is 1.16 bits per heavy atom. The second kappa shape index (κ2) is 6.22. The van der Waals surface area contributed by atoms with E-state index >= 15 is 0 Å². The maximum Gasteiger partial charge on any atom is 0.120 e. The first-order valence-corrected chi connectivity index (χ1v) is 7.13. The lowest BCUT2D eigenvalue weighted by atomic mass is 9.98. The standard InChI is InChI=1S/C16H18BrNO/c1-3-11-4-6-12(7-5-11)16(18)14-9-8-13(19-2)10-15(14)17/h4-10,16H,3,18H2,1-2H3. The fourth-order valence-electron chi connectivity index (χ4n) is 2.03. The van der Waals surface area contributed by atoms with Gasteiger partial charge in [-0.1, -0.05) is 53.2 Å². The number of benzene rings is 2. The van der Waals surface area contributed by atoms with Crippen molar-refractivity contribution in [2.45, 2.75) is 19.4 Å². The third kappa shape index (κ3) is 3.17. The summed E-state index contributed by atoms with van der Waals surface area (Å²) in [5.74, 6) is 0.823. The Labute approximate surface area is 122 Å².